The van der Waals surface area contributed by atoms with E-state index >= 15 is 0 Å². The lowest BCUT2D eigenvalue weighted by Crippen LogP contribution is -1.96. The van der Waals surface area contributed by atoms with Crippen molar-refractivity contribution in [2.45, 2.75) is 0 Å². The van der Waals surface area contributed by atoms with Crippen molar-refractivity contribution in [3.8, 4) is 56.2 Å². The highest BCUT2D eigenvalue weighted by Crippen LogP contribution is 2.43. The van der Waals surface area contributed by atoms with Crippen LogP contribution in [0.15, 0.2) is 164 Å². The lowest BCUT2D eigenvalue weighted by molar-refractivity contribution is 0.933. The first-order chi connectivity index (χ1) is 24.7. The molecular formula is C46H30N2S2. The lowest BCUT2D eigenvalue weighted by Gasteiger charge is -2.11. The number of rotatable bonds is 5. The Bertz CT molecular complexity index is 2850. The first-order valence-corrected chi connectivity index (χ1v) is 18.5. The summed E-state index contributed by atoms with van der Waals surface area (Å²) in [6, 6.07) is 59.3. The Labute approximate surface area is 298 Å². The number of nitrogens with zero attached hydrogens (tertiary/aromatic N) is 2. The molecule has 0 radical (unpaired) electrons. The monoisotopic (exact) mass is 674 g/mol. The summed E-state index contributed by atoms with van der Waals surface area (Å²) in [4.78, 5) is 5.32. The van der Waals surface area contributed by atoms with Crippen LogP contribution in [0.5, 0.6) is 0 Å². The second kappa shape index (κ2) is 11.7. The number of benzene rings is 7. The van der Waals surface area contributed by atoms with Gasteiger partial charge in [-0.3, -0.25) is 0 Å². The predicted molar refractivity (Wildman–Crippen MR) is 216 cm³/mol. The average molecular weight is 675 g/mol. The van der Waals surface area contributed by atoms with Gasteiger partial charge in [0.1, 0.15) is 5.82 Å². The fraction of sp³-hybridized carbons (Fsp3) is 0.0217. The molecular weight excluding hydrogens is 645 g/mol. The van der Waals surface area contributed by atoms with Crippen molar-refractivity contribution in [1.29, 1.82) is 0 Å². The van der Waals surface area contributed by atoms with E-state index in [9.17, 15) is 0 Å². The molecule has 0 aliphatic rings. The van der Waals surface area contributed by atoms with E-state index < -0.39 is 0 Å². The Morgan fingerprint density at radius 3 is 1.42 bits per heavy atom. The Morgan fingerprint density at radius 1 is 0.400 bits per heavy atom. The van der Waals surface area contributed by atoms with E-state index in [0.29, 0.717) is 0 Å². The molecule has 50 heavy (non-hydrogen) atoms. The van der Waals surface area contributed by atoms with E-state index in [1.165, 1.54) is 62.6 Å². The van der Waals surface area contributed by atoms with Crippen LogP contribution in [0, 0.1) is 0 Å². The van der Waals surface area contributed by atoms with Crippen LogP contribution in [0.25, 0.3) is 96.5 Å². The summed E-state index contributed by atoms with van der Waals surface area (Å²) in [7, 11) is 2.14. The highest BCUT2D eigenvalue weighted by molar-refractivity contribution is 7.26. The smallest absolute Gasteiger partial charge is 0.140 e. The lowest BCUT2D eigenvalue weighted by atomic mass is 9.98. The fourth-order valence-electron chi connectivity index (χ4n) is 7.44. The van der Waals surface area contributed by atoms with E-state index in [1.54, 1.807) is 0 Å². The van der Waals surface area contributed by atoms with Crippen molar-refractivity contribution in [2.24, 2.45) is 7.05 Å². The van der Waals surface area contributed by atoms with Crippen molar-refractivity contribution in [1.82, 2.24) is 9.55 Å². The molecule has 0 atom stereocenters. The molecule has 4 heteroatoms. The van der Waals surface area contributed by atoms with Crippen LogP contribution in [-0.4, -0.2) is 9.55 Å². The highest BCUT2D eigenvalue weighted by Gasteiger charge is 2.20. The maximum atomic E-state index is 5.32. The molecule has 0 unspecified atom stereocenters. The van der Waals surface area contributed by atoms with Crippen LogP contribution < -0.4 is 0 Å². The molecule has 7 aromatic carbocycles. The molecule has 0 aliphatic carbocycles. The van der Waals surface area contributed by atoms with E-state index in [-0.39, 0.29) is 0 Å². The molecule has 3 aromatic heterocycles. The number of imidazole rings is 1. The molecule has 10 rings (SSSR count). The third kappa shape index (κ3) is 4.64. The molecule has 236 valence electrons. The molecule has 0 amide bonds. The molecule has 0 fully saturated rings. The highest BCUT2D eigenvalue weighted by atomic mass is 32.1. The first-order valence-electron chi connectivity index (χ1n) is 16.9. The maximum Gasteiger partial charge on any atom is 0.140 e. The van der Waals surface area contributed by atoms with Gasteiger partial charge in [0.25, 0.3) is 0 Å². The average Bonchev–Trinajstić information content (AvgIpc) is 3.86. The van der Waals surface area contributed by atoms with Crippen molar-refractivity contribution in [3.05, 3.63) is 164 Å². The Kier molecular flexibility index (Phi) is 6.80. The largest absolute Gasteiger partial charge is 0.327 e. The van der Waals surface area contributed by atoms with Crippen LogP contribution in [0.1, 0.15) is 0 Å². The van der Waals surface area contributed by atoms with Crippen LogP contribution in [0.4, 0.5) is 0 Å². The zero-order valence-electron chi connectivity index (χ0n) is 27.3. The molecule has 0 saturated carbocycles. The van der Waals surface area contributed by atoms with Crippen LogP contribution >= 0.6 is 22.7 Å². The van der Waals surface area contributed by atoms with E-state index in [1.807, 2.05) is 22.7 Å². The minimum atomic E-state index is 0.953. The zero-order chi connectivity index (χ0) is 33.2. The van der Waals surface area contributed by atoms with Crippen molar-refractivity contribution in [3.63, 3.8) is 0 Å². The van der Waals surface area contributed by atoms with Gasteiger partial charge in [0.2, 0.25) is 0 Å². The minimum Gasteiger partial charge on any atom is -0.327 e. The second-order valence-corrected chi connectivity index (χ2v) is 14.9. The fourth-order valence-corrected chi connectivity index (χ4v) is 9.92. The number of aromatic nitrogens is 2. The van der Waals surface area contributed by atoms with Gasteiger partial charge < -0.3 is 4.57 Å². The van der Waals surface area contributed by atoms with E-state index in [4.69, 9.17) is 4.98 Å². The predicted octanol–water partition coefficient (Wildman–Crippen LogP) is 13.5. The second-order valence-electron chi connectivity index (χ2n) is 12.8. The molecule has 2 nitrogen and oxygen atoms in total. The summed E-state index contributed by atoms with van der Waals surface area (Å²) in [5.74, 6) is 0.953. The van der Waals surface area contributed by atoms with Gasteiger partial charge in [0.05, 0.1) is 11.4 Å². The maximum absolute atomic E-state index is 5.32. The molecule has 0 saturated heterocycles. The third-order valence-corrected chi connectivity index (χ3v) is 12.3. The number of hydrogen-bond acceptors (Lipinski definition) is 3. The van der Waals surface area contributed by atoms with Crippen molar-refractivity contribution >= 4 is 63.0 Å². The molecule has 3 heterocycles. The zero-order valence-corrected chi connectivity index (χ0v) is 28.9. The topological polar surface area (TPSA) is 17.8 Å². The van der Waals surface area contributed by atoms with Crippen LogP contribution in [-0.2, 0) is 7.05 Å². The van der Waals surface area contributed by atoms with E-state index in [0.717, 1.165) is 33.9 Å². The van der Waals surface area contributed by atoms with Crippen LogP contribution in [0.3, 0.4) is 0 Å². The van der Waals surface area contributed by atoms with Crippen molar-refractivity contribution in [2.75, 3.05) is 0 Å². The first kappa shape index (κ1) is 29.1. The number of fused-ring (bicyclic) bond motifs is 6. The van der Waals surface area contributed by atoms with Crippen molar-refractivity contribution < 1.29 is 0 Å². The number of hydrogen-bond donors (Lipinski definition) is 0. The van der Waals surface area contributed by atoms with Gasteiger partial charge in [-0.15, -0.1) is 22.7 Å². The minimum absolute atomic E-state index is 0.953. The molecule has 0 spiro atoms. The van der Waals surface area contributed by atoms with Crippen LogP contribution in [0.2, 0.25) is 0 Å². The summed E-state index contributed by atoms with van der Waals surface area (Å²) in [6.07, 6.45) is 0. The Morgan fingerprint density at radius 2 is 0.860 bits per heavy atom. The number of thiophene rings is 2. The van der Waals surface area contributed by atoms with Gasteiger partial charge in [-0.25, -0.2) is 4.98 Å². The standard InChI is InChI=1S/C46H30N2S2/c1-48-43(32-27-23-30(24-28-32)35-16-10-18-39-37-14-6-8-20-41(37)50-45(35)39)42(47-46(48)33-11-3-2-4-12-33)31-25-21-29(22-26-31)34-15-9-17-38-36-13-5-7-19-40(36)49-44(34)38/h2-28H,1H3. The molecule has 0 bridgehead atoms. The molecule has 10 aromatic rings. The SMILES string of the molecule is Cn1c(-c2ccccc2)nc(-c2ccc(-c3cccc4c3sc3ccccc34)cc2)c1-c1ccc(-c2cccc3c2sc2ccccc23)cc1. The molecule has 0 aliphatic heterocycles. The van der Waals surface area contributed by atoms with Gasteiger partial charge in [0, 0.05) is 64.1 Å². The summed E-state index contributed by atoms with van der Waals surface area (Å²) in [5, 5.41) is 5.29. The summed E-state index contributed by atoms with van der Waals surface area (Å²) >= 11 is 3.75. The van der Waals surface area contributed by atoms with Gasteiger partial charge in [-0.2, -0.15) is 0 Å². The van der Waals surface area contributed by atoms with Gasteiger partial charge >= 0.3 is 0 Å². The summed E-state index contributed by atoms with van der Waals surface area (Å²) in [6.45, 7) is 0. The van der Waals surface area contributed by atoms with E-state index in [2.05, 4.69) is 175 Å². The Balaban J connectivity index is 1.08. The molecule has 0 N–H and O–H groups in total. The van der Waals surface area contributed by atoms with Gasteiger partial charge in [-0.05, 0) is 34.4 Å². The summed E-state index contributed by atoms with van der Waals surface area (Å²) < 4.78 is 7.56. The van der Waals surface area contributed by atoms with Gasteiger partial charge in [-0.1, -0.05) is 152 Å². The normalized spacial score (nSPS) is 11.7. The third-order valence-electron chi connectivity index (χ3n) is 9.87. The van der Waals surface area contributed by atoms with Gasteiger partial charge in [0.15, 0.2) is 0 Å². The Hall–Kier alpha value is -5.81. The summed E-state index contributed by atoms with van der Waals surface area (Å²) in [5.41, 5.74) is 10.4. The quantitative estimate of drug-likeness (QED) is 0.178.